The fourth-order valence-electron chi connectivity index (χ4n) is 1.85. The first-order chi connectivity index (χ1) is 9.46. The molecule has 1 amide bonds. The third kappa shape index (κ3) is 5.75. The van der Waals surface area contributed by atoms with E-state index in [1.54, 1.807) is 21.0 Å². The highest BCUT2D eigenvalue weighted by Gasteiger charge is 2.18. The van der Waals surface area contributed by atoms with E-state index in [9.17, 15) is 4.79 Å². The third-order valence-corrected chi connectivity index (χ3v) is 3.01. The van der Waals surface area contributed by atoms with Crippen LogP contribution in [-0.2, 0) is 11.2 Å². The Bertz CT molecular complexity index is 472. The minimum atomic E-state index is -0.785. The minimum absolute atomic E-state index is 0.0636. The summed E-state index contributed by atoms with van der Waals surface area (Å²) in [4.78, 5) is 11.6. The van der Waals surface area contributed by atoms with Gasteiger partial charge in [-0.3, -0.25) is 4.79 Å². The number of amides is 1. The molecule has 0 atom stereocenters. The van der Waals surface area contributed by atoms with Crippen LogP contribution < -0.4 is 10.1 Å². The summed E-state index contributed by atoms with van der Waals surface area (Å²) >= 11 is 0. The number of rotatable bonds is 7. The lowest BCUT2D eigenvalue weighted by Crippen LogP contribution is -2.41. The maximum atomic E-state index is 11.6. The van der Waals surface area contributed by atoms with Crippen LogP contribution in [0.5, 0.6) is 5.75 Å². The highest BCUT2D eigenvalue weighted by Crippen LogP contribution is 2.13. The van der Waals surface area contributed by atoms with Crippen molar-refractivity contribution in [1.82, 2.24) is 5.32 Å². The SMILES string of the molecule is COc1ccc(CCCCC(=O)NC(C)(C)C#N)cc1. The van der Waals surface area contributed by atoms with Gasteiger partial charge >= 0.3 is 0 Å². The Hall–Kier alpha value is -2.02. The first kappa shape index (κ1) is 16.0. The van der Waals surface area contributed by atoms with Gasteiger partial charge in [-0.25, -0.2) is 0 Å². The zero-order valence-corrected chi connectivity index (χ0v) is 12.4. The van der Waals surface area contributed by atoms with Crippen molar-refractivity contribution < 1.29 is 9.53 Å². The van der Waals surface area contributed by atoms with E-state index in [2.05, 4.69) is 11.4 Å². The molecular formula is C16H22N2O2. The first-order valence-electron chi connectivity index (χ1n) is 6.82. The second-order valence-corrected chi connectivity index (χ2v) is 5.34. The Labute approximate surface area is 120 Å². The van der Waals surface area contributed by atoms with Gasteiger partial charge in [0.25, 0.3) is 0 Å². The van der Waals surface area contributed by atoms with Gasteiger partial charge in [-0.2, -0.15) is 5.26 Å². The lowest BCUT2D eigenvalue weighted by Gasteiger charge is -2.17. The largest absolute Gasteiger partial charge is 0.497 e. The number of nitrogens with zero attached hydrogens (tertiary/aromatic N) is 1. The van der Waals surface area contributed by atoms with Crippen LogP contribution >= 0.6 is 0 Å². The van der Waals surface area contributed by atoms with Crippen molar-refractivity contribution in [2.75, 3.05) is 7.11 Å². The quantitative estimate of drug-likeness (QED) is 0.778. The number of hydrogen-bond acceptors (Lipinski definition) is 3. The molecule has 0 saturated heterocycles. The van der Waals surface area contributed by atoms with Gasteiger partial charge in [-0.1, -0.05) is 12.1 Å². The van der Waals surface area contributed by atoms with Gasteiger partial charge in [0, 0.05) is 6.42 Å². The maximum Gasteiger partial charge on any atom is 0.221 e. The van der Waals surface area contributed by atoms with Crippen LogP contribution in [0.15, 0.2) is 24.3 Å². The summed E-state index contributed by atoms with van der Waals surface area (Å²) in [7, 11) is 1.65. The van der Waals surface area contributed by atoms with Crippen molar-refractivity contribution in [3.63, 3.8) is 0 Å². The Morgan fingerprint density at radius 1 is 1.30 bits per heavy atom. The van der Waals surface area contributed by atoms with E-state index < -0.39 is 5.54 Å². The summed E-state index contributed by atoms with van der Waals surface area (Å²) in [5.41, 5.74) is 0.455. The van der Waals surface area contributed by atoms with Gasteiger partial charge in [-0.05, 0) is 50.8 Å². The number of carbonyl (C=O) groups is 1. The van der Waals surface area contributed by atoms with Crippen molar-refractivity contribution in [3.05, 3.63) is 29.8 Å². The average molecular weight is 274 g/mol. The molecule has 0 aliphatic rings. The maximum absolute atomic E-state index is 11.6. The van der Waals surface area contributed by atoms with Gasteiger partial charge in [-0.15, -0.1) is 0 Å². The molecule has 1 aromatic carbocycles. The Morgan fingerprint density at radius 2 is 1.95 bits per heavy atom. The number of carbonyl (C=O) groups excluding carboxylic acids is 1. The van der Waals surface area contributed by atoms with Gasteiger partial charge in [0.05, 0.1) is 13.2 Å². The second-order valence-electron chi connectivity index (χ2n) is 5.34. The monoisotopic (exact) mass is 274 g/mol. The molecule has 1 rings (SSSR count). The molecule has 0 aliphatic carbocycles. The number of hydrogen-bond donors (Lipinski definition) is 1. The summed E-state index contributed by atoms with van der Waals surface area (Å²) in [5.74, 6) is 0.790. The Balaban J connectivity index is 2.24. The zero-order valence-electron chi connectivity index (χ0n) is 12.4. The van der Waals surface area contributed by atoms with Crippen molar-refractivity contribution >= 4 is 5.91 Å². The standard InChI is InChI=1S/C16H22N2O2/c1-16(2,12-17)18-15(19)7-5-4-6-13-8-10-14(20-3)11-9-13/h8-11H,4-7H2,1-3H3,(H,18,19). The molecule has 0 radical (unpaired) electrons. The molecule has 0 fully saturated rings. The van der Waals surface area contributed by atoms with Crippen molar-refractivity contribution in [2.24, 2.45) is 0 Å². The van der Waals surface area contributed by atoms with E-state index in [0.717, 1.165) is 25.0 Å². The lowest BCUT2D eigenvalue weighted by molar-refractivity contribution is -0.122. The first-order valence-corrected chi connectivity index (χ1v) is 6.82. The zero-order chi connectivity index (χ0) is 15.0. The van der Waals surface area contributed by atoms with E-state index in [0.29, 0.717) is 6.42 Å². The molecule has 0 aromatic heterocycles. The van der Waals surface area contributed by atoms with E-state index in [-0.39, 0.29) is 5.91 Å². The molecular weight excluding hydrogens is 252 g/mol. The molecule has 0 bridgehead atoms. The molecule has 1 N–H and O–H groups in total. The summed E-state index contributed by atoms with van der Waals surface area (Å²) in [5, 5.41) is 11.5. The van der Waals surface area contributed by atoms with Crippen molar-refractivity contribution in [3.8, 4) is 11.8 Å². The normalized spacial score (nSPS) is 10.7. The van der Waals surface area contributed by atoms with E-state index in [4.69, 9.17) is 10.00 Å². The number of nitriles is 1. The topological polar surface area (TPSA) is 62.1 Å². The van der Waals surface area contributed by atoms with E-state index >= 15 is 0 Å². The van der Waals surface area contributed by atoms with Crippen LogP contribution in [0, 0.1) is 11.3 Å². The van der Waals surface area contributed by atoms with Crippen LogP contribution in [0.25, 0.3) is 0 Å². The average Bonchev–Trinajstić information content (AvgIpc) is 2.44. The molecule has 0 spiro atoms. The number of methoxy groups -OCH3 is 1. The van der Waals surface area contributed by atoms with Crippen molar-refractivity contribution in [1.29, 1.82) is 5.26 Å². The summed E-state index contributed by atoms with van der Waals surface area (Å²) < 4.78 is 5.10. The molecule has 0 heterocycles. The van der Waals surface area contributed by atoms with Crippen LogP contribution in [0.4, 0.5) is 0 Å². The van der Waals surface area contributed by atoms with Gasteiger partial charge < -0.3 is 10.1 Å². The smallest absolute Gasteiger partial charge is 0.221 e. The van der Waals surface area contributed by atoms with Crippen LogP contribution in [0.3, 0.4) is 0 Å². The molecule has 108 valence electrons. The van der Waals surface area contributed by atoms with E-state index in [1.165, 1.54) is 5.56 Å². The van der Waals surface area contributed by atoms with Crippen molar-refractivity contribution in [2.45, 2.75) is 45.1 Å². The highest BCUT2D eigenvalue weighted by molar-refractivity contribution is 5.77. The number of unbranched alkanes of at least 4 members (excludes halogenated alkanes) is 1. The predicted octanol–water partition coefficient (Wildman–Crippen LogP) is 2.83. The summed E-state index contributed by atoms with van der Waals surface area (Å²) in [6.45, 7) is 3.39. The number of nitrogens with one attached hydrogen (secondary N) is 1. The minimum Gasteiger partial charge on any atom is -0.497 e. The fourth-order valence-corrected chi connectivity index (χ4v) is 1.85. The Kier molecular flexibility index (Phi) is 6.05. The van der Waals surface area contributed by atoms with Gasteiger partial charge in [0.2, 0.25) is 5.91 Å². The van der Waals surface area contributed by atoms with Crippen LogP contribution in [-0.4, -0.2) is 18.6 Å². The fraction of sp³-hybridized carbons (Fsp3) is 0.500. The highest BCUT2D eigenvalue weighted by atomic mass is 16.5. The van der Waals surface area contributed by atoms with Crippen LogP contribution in [0.2, 0.25) is 0 Å². The number of aryl methyl sites for hydroxylation is 1. The van der Waals surface area contributed by atoms with E-state index in [1.807, 2.05) is 24.3 Å². The van der Waals surface area contributed by atoms with Crippen LogP contribution in [0.1, 0.15) is 38.7 Å². The van der Waals surface area contributed by atoms with Gasteiger partial charge in [0.15, 0.2) is 0 Å². The molecule has 4 heteroatoms. The molecule has 4 nitrogen and oxygen atoms in total. The molecule has 0 saturated carbocycles. The van der Waals surface area contributed by atoms with Gasteiger partial charge in [0.1, 0.15) is 11.3 Å². The molecule has 20 heavy (non-hydrogen) atoms. The lowest BCUT2D eigenvalue weighted by atomic mass is 10.1. The Morgan fingerprint density at radius 3 is 2.50 bits per heavy atom. The predicted molar refractivity (Wildman–Crippen MR) is 78.4 cm³/mol. The molecule has 0 unspecified atom stereocenters. The molecule has 0 aliphatic heterocycles. The number of benzene rings is 1. The summed E-state index contributed by atoms with van der Waals surface area (Å²) in [6, 6.07) is 10.0. The summed E-state index contributed by atoms with van der Waals surface area (Å²) in [6.07, 6.45) is 3.17. The third-order valence-electron chi connectivity index (χ3n) is 3.01. The number of ether oxygens (including phenoxy) is 1. The second kappa shape index (κ2) is 7.54. The molecule has 1 aromatic rings.